The van der Waals surface area contributed by atoms with Crippen molar-refractivity contribution in [3.63, 3.8) is 0 Å². The number of rotatable bonds is 2. The molecule has 0 rings (SSSR count). The van der Waals surface area contributed by atoms with E-state index in [4.69, 9.17) is 0 Å². The molecule has 0 aliphatic heterocycles. The minimum atomic E-state index is 0.471. The van der Waals surface area contributed by atoms with Gasteiger partial charge in [0.05, 0.1) is 0 Å². The van der Waals surface area contributed by atoms with E-state index in [1.165, 1.54) is 4.43 Å². The van der Waals surface area contributed by atoms with Gasteiger partial charge in [0, 0.05) is 7.85 Å². The van der Waals surface area contributed by atoms with Crippen molar-refractivity contribution in [1.82, 2.24) is 0 Å². The molecule has 0 spiro atoms. The molecule has 0 aromatic carbocycles. The monoisotopic (exact) mass is 338 g/mol. The topological polar surface area (TPSA) is 0 Å². The molecule has 0 bridgehead atoms. The largest absolute Gasteiger partial charge is 0.0860 e. The van der Waals surface area contributed by atoms with E-state index in [1.54, 1.807) is 0 Å². The minimum Gasteiger partial charge on any atom is -0.0860 e. The SMILES string of the molecule is CC(CI)C(C)(C)I. The van der Waals surface area contributed by atoms with Crippen LogP contribution < -0.4 is 0 Å². The van der Waals surface area contributed by atoms with Crippen LogP contribution in [0.3, 0.4) is 0 Å². The average Bonchev–Trinajstić information content (AvgIpc) is 1.62. The fraction of sp³-hybridized carbons (Fsp3) is 1.00. The van der Waals surface area contributed by atoms with Gasteiger partial charge in [-0.25, -0.2) is 0 Å². The highest BCUT2D eigenvalue weighted by Crippen LogP contribution is 2.27. The summed E-state index contributed by atoms with van der Waals surface area (Å²) in [7, 11) is 0. The Hall–Kier alpha value is 1.46. The van der Waals surface area contributed by atoms with E-state index in [-0.39, 0.29) is 0 Å². The van der Waals surface area contributed by atoms with Gasteiger partial charge in [0.1, 0.15) is 0 Å². The molecule has 0 aliphatic carbocycles. The van der Waals surface area contributed by atoms with E-state index in [1.807, 2.05) is 0 Å². The normalized spacial score (nSPS) is 16.1. The molecule has 0 aliphatic rings. The van der Waals surface area contributed by atoms with Crippen LogP contribution in [-0.4, -0.2) is 7.85 Å². The maximum atomic E-state index is 2.50. The molecule has 0 aromatic heterocycles. The molecule has 0 N–H and O–H groups in total. The fourth-order valence-electron chi connectivity index (χ4n) is 0.183. The Kier molecular flexibility index (Phi) is 4.24. The molecule has 0 fully saturated rings. The van der Waals surface area contributed by atoms with Crippen molar-refractivity contribution >= 4 is 45.2 Å². The van der Waals surface area contributed by atoms with Gasteiger partial charge in [-0.15, -0.1) is 0 Å². The zero-order valence-corrected chi connectivity index (χ0v) is 9.86. The third-order valence-electron chi connectivity index (χ3n) is 1.40. The first-order valence-corrected chi connectivity index (χ1v) is 5.33. The Bertz CT molecular complexity index is 63.4. The van der Waals surface area contributed by atoms with E-state index < -0.39 is 0 Å². The van der Waals surface area contributed by atoms with E-state index in [9.17, 15) is 0 Å². The van der Waals surface area contributed by atoms with Gasteiger partial charge in [0.25, 0.3) is 0 Å². The first-order chi connectivity index (χ1) is 3.48. The second-order valence-electron chi connectivity index (χ2n) is 2.62. The van der Waals surface area contributed by atoms with E-state index in [0.717, 1.165) is 5.92 Å². The molecular weight excluding hydrogens is 326 g/mol. The van der Waals surface area contributed by atoms with Crippen molar-refractivity contribution in [1.29, 1.82) is 0 Å². The van der Waals surface area contributed by atoms with Crippen molar-refractivity contribution < 1.29 is 0 Å². The first kappa shape index (κ1) is 9.46. The third kappa shape index (κ3) is 3.48. The molecular formula is C6H12I2. The van der Waals surface area contributed by atoms with Gasteiger partial charge in [0.2, 0.25) is 0 Å². The van der Waals surface area contributed by atoms with Crippen LogP contribution >= 0.6 is 45.2 Å². The smallest absolute Gasteiger partial charge is 0.0198 e. The third-order valence-corrected chi connectivity index (χ3v) is 3.79. The summed E-state index contributed by atoms with van der Waals surface area (Å²) in [5.41, 5.74) is 0. The van der Waals surface area contributed by atoms with E-state index >= 15 is 0 Å². The molecule has 1 unspecified atom stereocenters. The summed E-state index contributed by atoms with van der Waals surface area (Å²) in [6.45, 7) is 6.84. The van der Waals surface area contributed by atoms with Gasteiger partial charge in [-0.05, 0) is 5.92 Å². The second kappa shape index (κ2) is 3.58. The van der Waals surface area contributed by atoms with Gasteiger partial charge < -0.3 is 0 Å². The molecule has 0 radical (unpaired) electrons. The minimum absolute atomic E-state index is 0.471. The maximum absolute atomic E-state index is 2.50. The molecule has 50 valence electrons. The zero-order valence-electron chi connectivity index (χ0n) is 5.54. The maximum Gasteiger partial charge on any atom is 0.0198 e. The van der Waals surface area contributed by atoms with Crippen molar-refractivity contribution in [2.75, 3.05) is 4.43 Å². The van der Waals surface area contributed by atoms with Gasteiger partial charge >= 0.3 is 0 Å². The highest BCUT2D eigenvalue weighted by molar-refractivity contribution is 14.1. The fourth-order valence-corrected chi connectivity index (χ4v) is 2.35. The van der Waals surface area contributed by atoms with Crippen molar-refractivity contribution in [2.45, 2.75) is 24.2 Å². The Morgan fingerprint density at radius 3 is 1.88 bits per heavy atom. The average molecular weight is 338 g/mol. The number of alkyl halides is 2. The highest BCUT2D eigenvalue weighted by Gasteiger charge is 2.19. The first-order valence-electron chi connectivity index (χ1n) is 2.73. The van der Waals surface area contributed by atoms with Crippen LogP contribution in [0.1, 0.15) is 20.8 Å². The van der Waals surface area contributed by atoms with Gasteiger partial charge in [-0.2, -0.15) is 0 Å². The molecule has 0 saturated carbocycles. The standard InChI is InChI=1S/C6H12I2/c1-5(4-7)6(2,3)8/h5H,4H2,1-3H3. The van der Waals surface area contributed by atoms with Crippen LogP contribution in [0.4, 0.5) is 0 Å². The summed E-state index contributed by atoms with van der Waals surface area (Å²) in [6.07, 6.45) is 0. The Morgan fingerprint density at radius 2 is 1.88 bits per heavy atom. The van der Waals surface area contributed by atoms with Crippen LogP contribution in [-0.2, 0) is 0 Å². The Balaban J connectivity index is 3.62. The Morgan fingerprint density at radius 1 is 1.50 bits per heavy atom. The van der Waals surface area contributed by atoms with Gasteiger partial charge in [0.15, 0.2) is 0 Å². The number of halogens is 2. The quantitative estimate of drug-likeness (QED) is 0.536. The van der Waals surface area contributed by atoms with Crippen LogP contribution in [0.2, 0.25) is 0 Å². The lowest BCUT2D eigenvalue weighted by Gasteiger charge is -2.22. The zero-order chi connectivity index (χ0) is 6.78. The summed E-state index contributed by atoms with van der Waals surface area (Å²) in [4.78, 5) is 0. The van der Waals surface area contributed by atoms with Crippen LogP contribution in [0, 0.1) is 5.92 Å². The van der Waals surface area contributed by atoms with E-state index in [2.05, 4.69) is 66.0 Å². The second-order valence-corrected chi connectivity index (χ2v) is 6.28. The lowest BCUT2D eigenvalue weighted by Crippen LogP contribution is -2.21. The van der Waals surface area contributed by atoms with Crippen molar-refractivity contribution in [3.8, 4) is 0 Å². The molecule has 8 heavy (non-hydrogen) atoms. The molecule has 0 nitrogen and oxygen atoms in total. The molecule has 0 saturated heterocycles. The van der Waals surface area contributed by atoms with Crippen LogP contribution in [0.15, 0.2) is 0 Å². The van der Waals surface area contributed by atoms with Crippen molar-refractivity contribution in [3.05, 3.63) is 0 Å². The number of hydrogen-bond donors (Lipinski definition) is 0. The van der Waals surface area contributed by atoms with Crippen LogP contribution in [0.5, 0.6) is 0 Å². The van der Waals surface area contributed by atoms with E-state index in [0.29, 0.717) is 3.42 Å². The highest BCUT2D eigenvalue weighted by atomic mass is 127. The summed E-state index contributed by atoms with van der Waals surface area (Å²) < 4.78 is 1.73. The number of hydrogen-bond acceptors (Lipinski definition) is 0. The Labute approximate surface area is 79.1 Å². The molecule has 1 atom stereocenters. The molecule has 0 amide bonds. The summed E-state index contributed by atoms with van der Waals surface area (Å²) in [5, 5.41) is 0. The van der Waals surface area contributed by atoms with Gasteiger partial charge in [-0.3, -0.25) is 0 Å². The van der Waals surface area contributed by atoms with Crippen molar-refractivity contribution in [2.24, 2.45) is 5.92 Å². The summed E-state index contributed by atoms with van der Waals surface area (Å²) in [5.74, 6) is 0.823. The lowest BCUT2D eigenvalue weighted by molar-refractivity contribution is 0.543. The lowest BCUT2D eigenvalue weighted by atomic mass is 10.0. The van der Waals surface area contributed by atoms with Crippen LogP contribution in [0.25, 0.3) is 0 Å². The molecule has 0 heterocycles. The molecule has 2 heteroatoms. The molecule has 0 aromatic rings. The summed E-state index contributed by atoms with van der Waals surface area (Å²) >= 11 is 4.93. The predicted molar refractivity (Wildman–Crippen MR) is 56.2 cm³/mol. The predicted octanol–water partition coefficient (Wildman–Crippen LogP) is 3.27. The van der Waals surface area contributed by atoms with Gasteiger partial charge in [-0.1, -0.05) is 66.0 Å². The summed E-state index contributed by atoms with van der Waals surface area (Å²) in [6, 6.07) is 0.